The summed E-state index contributed by atoms with van der Waals surface area (Å²) in [6, 6.07) is 7.76. The summed E-state index contributed by atoms with van der Waals surface area (Å²) in [5.74, 6) is -0.814. The molecule has 0 aliphatic carbocycles. The molecular weight excluding hydrogens is 371 g/mol. The van der Waals surface area contributed by atoms with Crippen LogP contribution in [0.25, 0.3) is 0 Å². The van der Waals surface area contributed by atoms with Gasteiger partial charge in [0.1, 0.15) is 0 Å². The normalized spacial score (nSPS) is 11.9. The first-order valence-electron chi connectivity index (χ1n) is 7.22. The third-order valence-electron chi connectivity index (χ3n) is 3.48. The number of carbonyl (C=O) groups is 1. The molecule has 0 bridgehead atoms. The number of nitrogens with zero attached hydrogens (tertiary/aromatic N) is 1. The second-order valence-corrected chi connectivity index (χ2v) is 7.21. The molecule has 140 valence electrons. The zero-order chi connectivity index (χ0) is 19.7. The smallest absolute Gasteiger partial charge is 0.376 e. The van der Waals surface area contributed by atoms with Crippen LogP contribution in [0, 0.1) is 0 Å². The Balaban J connectivity index is 2.42. The molecule has 0 aliphatic heterocycles. The highest BCUT2D eigenvalue weighted by Crippen LogP contribution is 2.31. The molecule has 26 heavy (non-hydrogen) atoms. The molecule has 2 rings (SSSR count). The number of nitrogens with two attached hydrogens (primary N) is 1. The van der Waals surface area contributed by atoms with Gasteiger partial charge in [0, 0.05) is 19.7 Å². The Morgan fingerprint density at radius 1 is 1.12 bits per heavy atom. The minimum Gasteiger partial charge on any atom is -0.376 e. The highest BCUT2D eigenvalue weighted by molar-refractivity contribution is 7.89. The molecule has 0 radical (unpaired) electrons. The maximum Gasteiger partial charge on any atom is 0.416 e. The van der Waals surface area contributed by atoms with Crippen LogP contribution < -0.4 is 15.4 Å². The highest BCUT2D eigenvalue weighted by atomic mass is 32.2. The standard InChI is InChI=1S/C16H16F3N3O3S/c1-22(2)14-7-6-12(26(20,24)25)9-13(14)21-15(23)10-4-3-5-11(8-10)16(17,18)19/h3-9H,1-2H3,(H,21,23)(H2,20,24,25). The first-order chi connectivity index (χ1) is 11.9. The van der Waals surface area contributed by atoms with Gasteiger partial charge in [-0.15, -0.1) is 0 Å². The van der Waals surface area contributed by atoms with Crippen molar-refractivity contribution in [3.8, 4) is 0 Å². The summed E-state index contributed by atoms with van der Waals surface area (Å²) >= 11 is 0. The molecule has 0 unspecified atom stereocenters. The Hall–Kier alpha value is -2.59. The van der Waals surface area contributed by atoms with Crippen LogP contribution in [-0.4, -0.2) is 28.4 Å². The average molecular weight is 387 g/mol. The second kappa shape index (κ2) is 6.96. The van der Waals surface area contributed by atoms with E-state index in [1.165, 1.54) is 18.2 Å². The zero-order valence-corrected chi connectivity index (χ0v) is 14.6. The lowest BCUT2D eigenvalue weighted by atomic mass is 10.1. The van der Waals surface area contributed by atoms with E-state index in [-0.39, 0.29) is 16.1 Å². The minimum absolute atomic E-state index is 0.101. The summed E-state index contributed by atoms with van der Waals surface area (Å²) in [4.78, 5) is 13.7. The number of anilines is 2. The minimum atomic E-state index is -4.58. The van der Waals surface area contributed by atoms with E-state index in [1.807, 2.05) is 0 Å². The van der Waals surface area contributed by atoms with Gasteiger partial charge in [-0.3, -0.25) is 4.79 Å². The fraction of sp³-hybridized carbons (Fsp3) is 0.188. The Morgan fingerprint density at radius 2 is 1.77 bits per heavy atom. The Bertz CT molecular complexity index is 941. The van der Waals surface area contributed by atoms with Crippen molar-refractivity contribution in [2.45, 2.75) is 11.1 Å². The highest BCUT2D eigenvalue weighted by Gasteiger charge is 2.31. The van der Waals surface area contributed by atoms with E-state index in [2.05, 4.69) is 5.32 Å². The van der Waals surface area contributed by atoms with Crippen molar-refractivity contribution in [2.75, 3.05) is 24.3 Å². The van der Waals surface area contributed by atoms with Gasteiger partial charge < -0.3 is 10.2 Å². The predicted octanol–water partition coefficient (Wildman–Crippen LogP) is 2.67. The number of sulfonamides is 1. The van der Waals surface area contributed by atoms with Gasteiger partial charge in [0.25, 0.3) is 5.91 Å². The SMILES string of the molecule is CN(C)c1ccc(S(N)(=O)=O)cc1NC(=O)c1cccc(C(F)(F)F)c1. The Labute approximate surface area is 148 Å². The van der Waals surface area contributed by atoms with Gasteiger partial charge in [0.15, 0.2) is 0 Å². The molecule has 2 aromatic carbocycles. The topological polar surface area (TPSA) is 92.5 Å². The summed E-state index contributed by atoms with van der Waals surface area (Å²) in [6.45, 7) is 0. The molecule has 0 atom stereocenters. The molecular formula is C16H16F3N3O3S. The van der Waals surface area contributed by atoms with Gasteiger partial charge >= 0.3 is 6.18 Å². The summed E-state index contributed by atoms with van der Waals surface area (Å²) in [6.07, 6.45) is -4.58. The predicted molar refractivity (Wildman–Crippen MR) is 91.5 cm³/mol. The number of hydrogen-bond acceptors (Lipinski definition) is 4. The van der Waals surface area contributed by atoms with Crippen LogP contribution in [-0.2, 0) is 16.2 Å². The molecule has 0 heterocycles. The van der Waals surface area contributed by atoms with E-state index >= 15 is 0 Å². The lowest BCUT2D eigenvalue weighted by Crippen LogP contribution is -2.19. The number of nitrogens with one attached hydrogen (secondary N) is 1. The fourth-order valence-corrected chi connectivity index (χ4v) is 2.75. The molecule has 1 amide bonds. The largest absolute Gasteiger partial charge is 0.416 e. The molecule has 3 N–H and O–H groups in total. The van der Waals surface area contributed by atoms with Gasteiger partial charge in [-0.1, -0.05) is 6.07 Å². The van der Waals surface area contributed by atoms with E-state index in [4.69, 9.17) is 5.14 Å². The number of amides is 1. The fourth-order valence-electron chi connectivity index (χ4n) is 2.21. The number of alkyl halides is 3. The maximum atomic E-state index is 12.8. The van der Waals surface area contributed by atoms with E-state index in [9.17, 15) is 26.4 Å². The Kier molecular flexibility index (Phi) is 5.28. The van der Waals surface area contributed by atoms with Gasteiger partial charge in [0.05, 0.1) is 21.8 Å². The summed E-state index contributed by atoms with van der Waals surface area (Å²) < 4.78 is 61.4. The summed E-state index contributed by atoms with van der Waals surface area (Å²) in [5, 5.41) is 7.51. The lowest BCUT2D eigenvalue weighted by Gasteiger charge is -2.19. The van der Waals surface area contributed by atoms with Crippen LogP contribution in [0.15, 0.2) is 47.4 Å². The third kappa shape index (κ3) is 4.52. The number of rotatable bonds is 4. The first kappa shape index (κ1) is 19.7. The molecule has 6 nitrogen and oxygen atoms in total. The van der Waals surface area contributed by atoms with Crippen molar-refractivity contribution in [3.63, 3.8) is 0 Å². The van der Waals surface area contributed by atoms with Crippen molar-refractivity contribution in [3.05, 3.63) is 53.6 Å². The lowest BCUT2D eigenvalue weighted by molar-refractivity contribution is -0.137. The summed E-state index contributed by atoms with van der Waals surface area (Å²) in [7, 11) is -0.696. The molecule has 0 aromatic heterocycles. The number of carbonyl (C=O) groups excluding carboxylic acids is 1. The second-order valence-electron chi connectivity index (χ2n) is 5.65. The monoisotopic (exact) mass is 387 g/mol. The number of halogens is 3. The van der Waals surface area contributed by atoms with Crippen LogP contribution in [0.5, 0.6) is 0 Å². The van der Waals surface area contributed by atoms with E-state index in [0.717, 1.165) is 18.2 Å². The van der Waals surface area contributed by atoms with Crippen LogP contribution in [0.3, 0.4) is 0 Å². The van der Waals surface area contributed by atoms with Crippen molar-refractivity contribution in [1.82, 2.24) is 0 Å². The van der Waals surface area contributed by atoms with Crippen molar-refractivity contribution < 1.29 is 26.4 Å². The quantitative estimate of drug-likeness (QED) is 0.844. The number of benzene rings is 2. The molecule has 2 aromatic rings. The van der Waals surface area contributed by atoms with Gasteiger partial charge in [-0.25, -0.2) is 13.6 Å². The van der Waals surface area contributed by atoms with E-state index in [0.29, 0.717) is 11.8 Å². The molecule has 0 saturated carbocycles. The average Bonchev–Trinajstić information content (AvgIpc) is 2.53. The van der Waals surface area contributed by atoms with Crippen LogP contribution in [0.1, 0.15) is 15.9 Å². The van der Waals surface area contributed by atoms with Crippen molar-refractivity contribution in [1.29, 1.82) is 0 Å². The van der Waals surface area contributed by atoms with E-state index in [1.54, 1.807) is 19.0 Å². The van der Waals surface area contributed by atoms with Crippen molar-refractivity contribution in [2.24, 2.45) is 5.14 Å². The van der Waals surface area contributed by atoms with Crippen LogP contribution >= 0.6 is 0 Å². The number of primary sulfonamides is 1. The van der Waals surface area contributed by atoms with Gasteiger partial charge in [0.2, 0.25) is 10.0 Å². The van der Waals surface area contributed by atoms with Crippen LogP contribution in [0.2, 0.25) is 0 Å². The van der Waals surface area contributed by atoms with Gasteiger partial charge in [-0.2, -0.15) is 13.2 Å². The molecule has 0 fully saturated rings. The third-order valence-corrected chi connectivity index (χ3v) is 4.39. The van der Waals surface area contributed by atoms with Crippen LogP contribution in [0.4, 0.5) is 24.5 Å². The van der Waals surface area contributed by atoms with Gasteiger partial charge in [-0.05, 0) is 36.4 Å². The Morgan fingerprint density at radius 3 is 2.31 bits per heavy atom. The zero-order valence-electron chi connectivity index (χ0n) is 13.8. The molecule has 10 heteroatoms. The van der Waals surface area contributed by atoms with Crippen molar-refractivity contribution >= 4 is 27.3 Å². The maximum absolute atomic E-state index is 12.8. The summed E-state index contributed by atoms with van der Waals surface area (Å²) in [5.41, 5.74) is -0.622. The first-order valence-corrected chi connectivity index (χ1v) is 8.77. The molecule has 0 spiro atoms. The number of hydrogen-bond donors (Lipinski definition) is 2. The molecule has 0 aliphatic rings. The van der Waals surface area contributed by atoms with E-state index < -0.39 is 27.7 Å². The molecule has 0 saturated heterocycles.